The van der Waals surface area contributed by atoms with Gasteiger partial charge in [-0.15, -0.1) is 0 Å². The second-order valence-corrected chi connectivity index (χ2v) is 6.08. The molecule has 0 heterocycles. The van der Waals surface area contributed by atoms with Gasteiger partial charge >= 0.3 is 0 Å². The zero-order valence-electron chi connectivity index (χ0n) is 12.6. The standard InChI is InChI=1S/C18H29N/c1-3-8-15-11-12-18(19-4-2)17(13-15)14-16-9-6-5-7-10-16/h5-7,9-10,15,17-19H,3-4,8,11-14H2,1-2H3. The van der Waals surface area contributed by atoms with E-state index < -0.39 is 0 Å². The third kappa shape index (κ3) is 4.35. The molecule has 19 heavy (non-hydrogen) atoms. The van der Waals surface area contributed by atoms with Crippen LogP contribution in [0.4, 0.5) is 0 Å². The minimum absolute atomic E-state index is 0.735. The van der Waals surface area contributed by atoms with Gasteiger partial charge in [0.1, 0.15) is 0 Å². The van der Waals surface area contributed by atoms with E-state index in [1.165, 1.54) is 44.1 Å². The molecule has 0 bridgehead atoms. The summed E-state index contributed by atoms with van der Waals surface area (Å²) in [5, 5.41) is 3.72. The second-order valence-electron chi connectivity index (χ2n) is 6.08. The van der Waals surface area contributed by atoms with Gasteiger partial charge in [0.25, 0.3) is 0 Å². The summed E-state index contributed by atoms with van der Waals surface area (Å²) in [6.45, 7) is 5.66. The van der Waals surface area contributed by atoms with Gasteiger partial charge in [-0.1, -0.05) is 57.0 Å². The number of hydrogen-bond donors (Lipinski definition) is 1. The first kappa shape index (κ1) is 14.6. The molecule has 1 fully saturated rings. The van der Waals surface area contributed by atoms with E-state index in [9.17, 15) is 0 Å². The van der Waals surface area contributed by atoms with Crippen molar-refractivity contribution < 1.29 is 0 Å². The highest BCUT2D eigenvalue weighted by Crippen LogP contribution is 2.34. The first-order chi connectivity index (χ1) is 9.33. The van der Waals surface area contributed by atoms with Gasteiger partial charge in [0, 0.05) is 6.04 Å². The van der Waals surface area contributed by atoms with Crippen molar-refractivity contribution in [2.45, 2.75) is 58.4 Å². The SMILES string of the molecule is CCCC1CCC(NCC)C(Cc2ccccc2)C1. The Labute approximate surface area is 118 Å². The van der Waals surface area contributed by atoms with Gasteiger partial charge in [-0.3, -0.25) is 0 Å². The largest absolute Gasteiger partial charge is 0.314 e. The molecule has 1 nitrogen and oxygen atoms in total. The van der Waals surface area contributed by atoms with Crippen LogP contribution >= 0.6 is 0 Å². The van der Waals surface area contributed by atoms with E-state index >= 15 is 0 Å². The lowest BCUT2D eigenvalue weighted by Gasteiger charge is -2.37. The monoisotopic (exact) mass is 259 g/mol. The average Bonchev–Trinajstić information content (AvgIpc) is 2.43. The highest BCUT2D eigenvalue weighted by molar-refractivity contribution is 5.16. The maximum atomic E-state index is 3.72. The van der Waals surface area contributed by atoms with Crippen LogP contribution in [0.3, 0.4) is 0 Å². The Hall–Kier alpha value is -0.820. The maximum Gasteiger partial charge on any atom is 0.00985 e. The Kier molecular flexibility index (Phi) is 5.91. The summed E-state index contributed by atoms with van der Waals surface area (Å²) in [7, 11) is 0. The molecule has 1 N–H and O–H groups in total. The maximum absolute atomic E-state index is 3.72. The van der Waals surface area contributed by atoms with Gasteiger partial charge in [0.15, 0.2) is 0 Å². The van der Waals surface area contributed by atoms with Crippen LogP contribution in [0, 0.1) is 11.8 Å². The van der Waals surface area contributed by atoms with Crippen LogP contribution in [-0.2, 0) is 6.42 Å². The van der Waals surface area contributed by atoms with Crippen molar-refractivity contribution in [2.24, 2.45) is 11.8 Å². The molecular formula is C18H29N. The molecule has 106 valence electrons. The molecule has 0 radical (unpaired) electrons. The molecule has 1 heteroatoms. The van der Waals surface area contributed by atoms with Crippen molar-refractivity contribution in [2.75, 3.05) is 6.54 Å². The number of rotatable bonds is 6. The third-order valence-electron chi connectivity index (χ3n) is 4.59. The van der Waals surface area contributed by atoms with Gasteiger partial charge in [-0.25, -0.2) is 0 Å². The fourth-order valence-corrected chi connectivity index (χ4v) is 3.71. The molecule has 0 aliphatic heterocycles. The average molecular weight is 259 g/mol. The molecule has 2 rings (SSSR count). The molecule has 0 saturated heterocycles. The Balaban J connectivity index is 1.98. The quantitative estimate of drug-likeness (QED) is 0.797. The molecule has 1 aromatic carbocycles. The van der Waals surface area contributed by atoms with E-state index in [0.29, 0.717) is 0 Å². The summed E-state index contributed by atoms with van der Waals surface area (Å²) in [5.74, 6) is 1.79. The fraction of sp³-hybridized carbons (Fsp3) is 0.667. The van der Waals surface area contributed by atoms with Crippen LogP contribution in [0.15, 0.2) is 30.3 Å². The van der Waals surface area contributed by atoms with E-state index in [2.05, 4.69) is 49.5 Å². The lowest BCUT2D eigenvalue weighted by Crippen LogP contribution is -2.41. The first-order valence-electron chi connectivity index (χ1n) is 8.10. The fourth-order valence-electron chi connectivity index (χ4n) is 3.71. The van der Waals surface area contributed by atoms with Crippen molar-refractivity contribution in [1.29, 1.82) is 0 Å². The van der Waals surface area contributed by atoms with Crippen LogP contribution in [-0.4, -0.2) is 12.6 Å². The summed E-state index contributed by atoms with van der Waals surface area (Å²) in [6, 6.07) is 11.8. The van der Waals surface area contributed by atoms with Gasteiger partial charge in [0.2, 0.25) is 0 Å². The van der Waals surface area contributed by atoms with E-state index in [0.717, 1.165) is 24.4 Å². The molecule has 3 unspecified atom stereocenters. The van der Waals surface area contributed by atoms with Crippen molar-refractivity contribution in [3.63, 3.8) is 0 Å². The molecule has 0 amide bonds. The van der Waals surface area contributed by atoms with Gasteiger partial charge in [0.05, 0.1) is 0 Å². The number of benzene rings is 1. The summed E-state index contributed by atoms with van der Waals surface area (Å²) in [6.07, 6.45) is 8.23. The van der Waals surface area contributed by atoms with Crippen molar-refractivity contribution in [3.8, 4) is 0 Å². The van der Waals surface area contributed by atoms with Crippen LogP contribution in [0.2, 0.25) is 0 Å². The van der Waals surface area contributed by atoms with Crippen LogP contribution in [0.5, 0.6) is 0 Å². The molecule has 0 spiro atoms. The first-order valence-corrected chi connectivity index (χ1v) is 8.10. The minimum atomic E-state index is 0.735. The molecule has 3 atom stereocenters. The van der Waals surface area contributed by atoms with Crippen molar-refractivity contribution >= 4 is 0 Å². The van der Waals surface area contributed by atoms with Gasteiger partial charge in [-0.2, -0.15) is 0 Å². The Morgan fingerprint density at radius 1 is 1.11 bits per heavy atom. The van der Waals surface area contributed by atoms with Gasteiger partial charge in [-0.05, 0) is 49.6 Å². The van der Waals surface area contributed by atoms with E-state index in [4.69, 9.17) is 0 Å². The molecule has 1 aliphatic rings. The Morgan fingerprint density at radius 3 is 2.58 bits per heavy atom. The predicted molar refractivity (Wildman–Crippen MR) is 83.3 cm³/mol. The Bertz CT molecular complexity index is 346. The Morgan fingerprint density at radius 2 is 1.89 bits per heavy atom. The molecule has 1 aliphatic carbocycles. The van der Waals surface area contributed by atoms with Crippen LogP contribution in [0.1, 0.15) is 51.5 Å². The summed E-state index contributed by atoms with van der Waals surface area (Å²) < 4.78 is 0. The zero-order chi connectivity index (χ0) is 13.5. The molecular weight excluding hydrogens is 230 g/mol. The highest BCUT2D eigenvalue weighted by atomic mass is 14.9. The molecule has 0 aromatic heterocycles. The second kappa shape index (κ2) is 7.69. The predicted octanol–water partition coefficient (Wildman–Crippen LogP) is 4.42. The van der Waals surface area contributed by atoms with Crippen LogP contribution < -0.4 is 5.32 Å². The van der Waals surface area contributed by atoms with Gasteiger partial charge < -0.3 is 5.32 Å². The summed E-state index contributed by atoms with van der Waals surface area (Å²) in [4.78, 5) is 0. The van der Waals surface area contributed by atoms with E-state index in [1.807, 2.05) is 0 Å². The lowest BCUT2D eigenvalue weighted by atomic mass is 9.74. The van der Waals surface area contributed by atoms with E-state index in [-0.39, 0.29) is 0 Å². The van der Waals surface area contributed by atoms with Crippen molar-refractivity contribution in [1.82, 2.24) is 5.32 Å². The smallest absolute Gasteiger partial charge is 0.00985 e. The van der Waals surface area contributed by atoms with E-state index in [1.54, 1.807) is 0 Å². The highest BCUT2D eigenvalue weighted by Gasteiger charge is 2.29. The third-order valence-corrected chi connectivity index (χ3v) is 4.59. The van der Waals surface area contributed by atoms with Crippen molar-refractivity contribution in [3.05, 3.63) is 35.9 Å². The number of hydrogen-bond acceptors (Lipinski definition) is 1. The van der Waals surface area contributed by atoms with Crippen LogP contribution in [0.25, 0.3) is 0 Å². The summed E-state index contributed by atoms with van der Waals surface area (Å²) in [5.41, 5.74) is 1.51. The lowest BCUT2D eigenvalue weighted by molar-refractivity contribution is 0.195. The molecule has 1 saturated carbocycles. The topological polar surface area (TPSA) is 12.0 Å². The number of nitrogens with one attached hydrogen (secondary N) is 1. The molecule has 1 aromatic rings. The minimum Gasteiger partial charge on any atom is -0.314 e. The zero-order valence-corrected chi connectivity index (χ0v) is 12.6. The normalized spacial score (nSPS) is 27.4. The summed E-state index contributed by atoms with van der Waals surface area (Å²) >= 11 is 0.